The second kappa shape index (κ2) is 15.3. The number of carbonyl (C=O) groups is 1. The summed E-state index contributed by atoms with van der Waals surface area (Å²) in [5.41, 5.74) is 0. The number of halogens is 1. The number of guanidine groups is 1. The lowest BCUT2D eigenvalue weighted by Crippen LogP contribution is -2.42. The molecule has 2 aliphatic heterocycles. The summed E-state index contributed by atoms with van der Waals surface area (Å²) in [6.07, 6.45) is 10.4. The molecule has 0 aromatic heterocycles. The van der Waals surface area contributed by atoms with Gasteiger partial charge in [-0.1, -0.05) is 19.8 Å². The van der Waals surface area contributed by atoms with Gasteiger partial charge in [0.05, 0.1) is 0 Å². The highest BCUT2D eigenvalue weighted by molar-refractivity contribution is 14.0. The standard InChI is InChI=1S/C21H41N5O.HI/c1-3-19(26-18-9-11-20(26)27)12-14-24-21(22-4-2)23-13-10-17-25-15-7-5-6-8-16-25;/h19H,3-18H2,1-2H3,(H2,22,23,24);1H. The van der Waals surface area contributed by atoms with E-state index in [-0.39, 0.29) is 24.0 Å². The molecule has 0 bridgehead atoms. The molecule has 2 heterocycles. The molecule has 0 aromatic carbocycles. The Morgan fingerprint density at radius 2 is 1.82 bits per heavy atom. The fraction of sp³-hybridized carbons (Fsp3) is 0.905. The summed E-state index contributed by atoms with van der Waals surface area (Å²) < 4.78 is 0. The average Bonchev–Trinajstić information content (AvgIpc) is 2.93. The number of nitrogens with one attached hydrogen (secondary N) is 2. The van der Waals surface area contributed by atoms with E-state index in [0.29, 0.717) is 11.9 Å². The number of hydrogen-bond acceptors (Lipinski definition) is 3. The minimum absolute atomic E-state index is 0. The van der Waals surface area contributed by atoms with Crippen molar-refractivity contribution in [2.45, 2.75) is 77.7 Å². The minimum atomic E-state index is 0. The van der Waals surface area contributed by atoms with Gasteiger partial charge in [0.15, 0.2) is 5.96 Å². The number of aliphatic imine (C=N–C) groups is 1. The van der Waals surface area contributed by atoms with Crippen LogP contribution in [-0.4, -0.2) is 73.5 Å². The van der Waals surface area contributed by atoms with Gasteiger partial charge in [-0.2, -0.15) is 0 Å². The molecule has 2 aliphatic rings. The molecular weight excluding hydrogens is 465 g/mol. The Morgan fingerprint density at radius 3 is 2.43 bits per heavy atom. The maximum atomic E-state index is 12.0. The smallest absolute Gasteiger partial charge is 0.222 e. The van der Waals surface area contributed by atoms with E-state index < -0.39 is 0 Å². The van der Waals surface area contributed by atoms with Gasteiger partial charge >= 0.3 is 0 Å². The summed E-state index contributed by atoms with van der Waals surface area (Å²) >= 11 is 0. The topological polar surface area (TPSA) is 60.0 Å². The molecule has 0 aliphatic carbocycles. The molecule has 1 unspecified atom stereocenters. The van der Waals surface area contributed by atoms with Crippen LogP contribution >= 0.6 is 24.0 Å². The van der Waals surface area contributed by atoms with Crippen LogP contribution in [0.3, 0.4) is 0 Å². The Kier molecular flexibility index (Phi) is 13.9. The zero-order valence-electron chi connectivity index (χ0n) is 18.0. The lowest BCUT2D eigenvalue weighted by Gasteiger charge is -2.27. The first kappa shape index (κ1) is 25.5. The number of rotatable bonds is 10. The van der Waals surface area contributed by atoms with E-state index in [0.717, 1.165) is 70.8 Å². The monoisotopic (exact) mass is 507 g/mol. The second-order valence-corrected chi connectivity index (χ2v) is 7.84. The predicted molar refractivity (Wildman–Crippen MR) is 129 cm³/mol. The quantitative estimate of drug-likeness (QED) is 0.206. The summed E-state index contributed by atoms with van der Waals surface area (Å²) in [5, 5.41) is 6.81. The number of likely N-dealkylation sites (tertiary alicyclic amines) is 2. The van der Waals surface area contributed by atoms with Crippen LogP contribution in [-0.2, 0) is 4.79 Å². The third-order valence-electron chi connectivity index (χ3n) is 5.74. The lowest BCUT2D eigenvalue weighted by molar-refractivity contribution is -0.129. The van der Waals surface area contributed by atoms with Crippen LogP contribution in [0, 0.1) is 0 Å². The van der Waals surface area contributed by atoms with Crippen molar-refractivity contribution in [2.75, 3.05) is 45.8 Å². The maximum Gasteiger partial charge on any atom is 0.222 e. The summed E-state index contributed by atoms with van der Waals surface area (Å²) in [5.74, 6) is 1.24. The molecule has 2 fully saturated rings. The van der Waals surface area contributed by atoms with E-state index in [2.05, 4.69) is 34.3 Å². The van der Waals surface area contributed by atoms with Gasteiger partial charge in [0.2, 0.25) is 5.91 Å². The zero-order chi connectivity index (χ0) is 19.3. The van der Waals surface area contributed by atoms with Crippen molar-refractivity contribution in [3.05, 3.63) is 0 Å². The van der Waals surface area contributed by atoms with Gasteiger partial charge in [-0.15, -0.1) is 24.0 Å². The summed E-state index contributed by atoms with van der Waals surface area (Å²) in [7, 11) is 0. The van der Waals surface area contributed by atoms with Crippen LogP contribution in [0.1, 0.15) is 71.6 Å². The van der Waals surface area contributed by atoms with Gasteiger partial charge in [-0.3, -0.25) is 9.79 Å². The summed E-state index contributed by atoms with van der Waals surface area (Å²) in [4.78, 5) is 21.4. The Balaban J connectivity index is 0.00000392. The highest BCUT2D eigenvalue weighted by Crippen LogP contribution is 2.17. The van der Waals surface area contributed by atoms with Crippen molar-refractivity contribution in [3.8, 4) is 0 Å². The number of nitrogens with zero attached hydrogens (tertiary/aromatic N) is 3. The molecule has 1 amide bonds. The van der Waals surface area contributed by atoms with Crippen molar-refractivity contribution < 1.29 is 4.79 Å². The summed E-state index contributed by atoms with van der Waals surface area (Å²) in [6, 6.07) is 0.360. The molecule has 2 N–H and O–H groups in total. The third-order valence-corrected chi connectivity index (χ3v) is 5.74. The molecule has 0 spiro atoms. The SMILES string of the molecule is CCNC(=NCCCN1CCCCCC1)NCCC(CC)N1CCCC1=O.I. The van der Waals surface area contributed by atoms with Gasteiger partial charge in [0.1, 0.15) is 0 Å². The molecule has 0 radical (unpaired) electrons. The molecular formula is C21H42IN5O. The normalized spacial score (nSPS) is 19.9. The van der Waals surface area contributed by atoms with E-state index in [1.807, 2.05) is 0 Å². The van der Waals surface area contributed by atoms with Crippen molar-refractivity contribution in [3.63, 3.8) is 0 Å². The van der Waals surface area contributed by atoms with Crippen LogP contribution < -0.4 is 10.6 Å². The molecule has 0 aromatic rings. The van der Waals surface area contributed by atoms with Gasteiger partial charge in [-0.05, 0) is 65.1 Å². The largest absolute Gasteiger partial charge is 0.357 e. The second-order valence-electron chi connectivity index (χ2n) is 7.84. The Bertz CT molecular complexity index is 452. The first-order valence-corrected chi connectivity index (χ1v) is 11.3. The van der Waals surface area contributed by atoms with Crippen LogP contribution in [0.5, 0.6) is 0 Å². The van der Waals surface area contributed by atoms with E-state index in [1.165, 1.54) is 38.8 Å². The molecule has 164 valence electrons. The predicted octanol–water partition coefficient (Wildman–Crippen LogP) is 3.22. The van der Waals surface area contributed by atoms with Gasteiger partial charge in [-0.25, -0.2) is 0 Å². The van der Waals surface area contributed by atoms with Crippen molar-refractivity contribution in [2.24, 2.45) is 4.99 Å². The minimum Gasteiger partial charge on any atom is -0.357 e. The molecule has 7 heteroatoms. The Morgan fingerprint density at radius 1 is 1.07 bits per heavy atom. The van der Waals surface area contributed by atoms with Crippen LogP contribution in [0.4, 0.5) is 0 Å². The van der Waals surface area contributed by atoms with E-state index in [1.54, 1.807) is 0 Å². The zero-order valence-corrected chi connectivity index (χ0v) is 20.4. The van der Waals surface area contributed by atoms with Crippen LogP contribution in [0.2, 0.25) is 0 Å². The molecule has 2 saturated heterocycles. The number of amides is 1. The molecule has 28 heavy (non-hydrogen) atoms. The van der Waals surface area contributed by atoms with Gasteiger partial charge < -0.3 is 20.4 Å². The highest BCUT2D eigenvalue weighted by atomic mass is 127. The molecule has 2 rings (SSSR count). The van der Waals surface area contributed by atoms with E-state index in [4.69, 9.17) is 4.99 Å². The fourth-order valence-corrected chi connectivity index (χ4v) is 4.18. The van der Waals surface area contributed by atoms with E-state index >= 15 is 0 Å². The molecule has 1 atom stereocenters. The highest BCUT2D eigenvalue weighted by Gasteiger charge is 2.26. The van der Waals surface area contributed by atoms with Gasteiger partial charge in [0.25, 0.3) is 0 Å². The van der Waals surface area contributed by atoms with Crippen LogP contribution in [0.15, 0.2) is 4.99 Å². The number of hydrogen-bond donors (Lipinski definition) is 2. The first-order chi connectivity index (χ1) is 13.2. The first-order valence-electron chi connectivity index (χ1n) is 11.3. The van der Waals surface area contributed by atoms with E-state index in [9.17, 15) is 4.79 Å². The molecule has 0 saturated carbocycles. The maximum absolute atomic E-state index is 12.0. The van der Waals surface area contributed by atoms with Gasteiger partial charge in [0, 0.05) is 38.6 Å². The summed E-state index contributed by atoms with van der Waals surface area (Å²) in [6.45, 7) is 11.5. The fourth-order valence-electron chi connectivity index (χ4n) is 4.18. The Hall–Kier alpha value is -0.570. The third kappa shape index (κ3) is 9.29. The van der Waals surface area contributed by atoms with Crippen LogP contribution in [0.25, 0.3) is 0 Å². The molecule has 6 nitrogen and oxygen atoms in total. The van der Waals surface area contributed by atoms with Crippen molar-refractivity contribution in [1.29, 1.82) is 0 Å². The lowest BCUT2D eigenvalue weighted by atomic mass is 10.1. The van der Waals surface area contributed by atoms with Crippen molar-refractivity contribution in [1.82, 2.24) is 20.4 Å². The average molecular weight is 508 g/mol. The number of carbonyl (C=O) groups excluding carboxylic acids is 1. The van der Waals surface area contributed by atoms with Crippen molar-refractivity contribution >= 4 is 35.8 Å². The Labute approximate surface area is 189 Å².